The zero-order chi connectivity index (χ0) is 14.7. The highest BCUT2D eigenvalue weighted by molar-refractivity contribution is 5.34. The van der Waals surface area contributed by atoms with Crippen LogP contribution in [0.15, 0.2) is 42.7 Å². The van der Waals surface area contributed by atoms with Crippen LogP contribution >= 0.6 is 0 Å². The molecule has 1 heterocycles. The first-order valence-electron chi connectivity index (χ1n) is 7.83. The minimum Gasteiger partial charge on any atom is -0.328 e. The second kappa shape index (κ2) is 5.94. The van der Waals surface area contributed by atoms with E-state index in [4.69, 9.17) is 15.7 Å². The van der Waals surface area contributed by atoms with Gasteiger partial charge in [0.1, 0.15) is 5.82 Å². The summed E-state index contributed by atoms with van der Waals surface area (Å²) in [5.41, 5.74) is 8.32. The number of nitrogens with two attached hydrogens (primary N) is 1. The summed E-state index contributed by atoms with van der Waals surface area (Å²) in [4.78, 5) is 9.39. The highest BCUT2D eigenvalue weighted by Gasteiger charge is 2.39. The SMILES string of the molecule is CC(N)Cc1cnc(C2(c3ccccc3)CCCC2)nc1. The van der Waals surface area contributed by atoms with E-state index < -0.39 is 0 Å². The molecule has 0 bridgehead atoms. The average Bonchev–Trinajstić information content (AvgIpc) is 2.99. The van der Waals surface area contributed by atoms with Gasteiger partial charge in [-0.25, -0.2) is 9.97 Å². The van der Waals surface area contributed by atoms with E-state index in [1.165, 1.54) is 18.4 Å². The van der Waals surface area contributed by atoms with Crippen molar-refractivity contribution >= 4 is 0 Å². The van der Waals surface area contributed by atoms with Crippen molar-refractivity contribution in [1.29, 1.82) is 0 Å². The normalized spacial score (nSPS) is 18.6. The third-order valence-corrected chi connectivity index (χ3v) is 4.47. The Morgan fingerprint density at radius 1 is 1.10 bits per heavy atom. The number of hydrogen-bond acceptors (Lipinski definition) is 3. The molecule has 2 aromatic rings. The van der Waals surface area contributed by atoms with Crippen molar-refractivity contribution in [3.05, 3.63) is 59.7 Å². The summed E-state index contributed by atoms with van der Waals surface area (Å²) in [5, 5.41) is 0. The molecule has 0 spiro atoms. The Bertz CT molecular complexity index is 569. The first kappa shape index (κ1) is 14.2. The number of hydrogen-bond donors (Lipinski definition) is 1. The van der Waals surface area contributed by atoms with Crippen LogP contribution in [0, 0.1) is 0 Å². The first-order chi connectivity index (χ1) is 10.2. The van der Waals surface area contributed by atoms with E-state index in [1.807, 2.05) is 19.3 Å². The van der Waals surface area contributed by atoms with Gasteiger partial charge >= 0.3 is 0 Å². The molecule has 3 heteroatoms. The Labute approximate surface area is 126 Å². The maximum atomic E-state index is 5.85. The molecule has 0 radical (unpaired) electrons. The summed E-state index contributed by atoms with van der Waals surface area (Å²) >= 11 is 0. The molecule has 21 heavy (non-hydrogen) atoms. The van der Waals surface area contributed by atoms with Gasteiger partial charge in [-0.05, 0) is 37.3 Å². The van der Waals surface area contributed by atoms with Gasteiger partial charge in [-0.15, -0.1) is 0 Å². The Morgan fingerprint density at radius 2 is 1.71 bits per heavy atom. The Morgan fingerprint density at radius 3 is 2.29 bits per heavy atom. The number of nitrogens with zero attached hydrogens (tertiary/aromatic N) is 2. The van der Waals surface area contributed by atoms with E-state index in [2.05, 4.69) is 30.3 Å². The van der Waals surface area contributed by atoms with E-state index in [1.54, 1.807) is 0 Å². The Balaban J connectivity index is 1.95. The lowest BCUT2D eigenvalue weighted by Gasteiger charge is -2.28. The number of rotatable bonds is 4. The molecule has 1 aliphatic rings. The van der Waals surface area contributed by atoms with Crippen LogP contribution in [0.5, 0.6) is 0 Å². The average molecular weight is 281 g/mol. The zero-order valence-electron chi connectivity index (χ0n) is 12.6. The second-order valence-electron chi connectivity index (χ2n) is 6.25. The fourth-order valence-corrected chi connectivity index (χ4v) is 3.46. The van der Waals surface area contributed by atoms with Crippen molar-refractivity contribution in [2.24, 2.45) is 5.73 Å². The predicted molar refractivity (Wildman–Crippen MR) is 85.1 cm³/mol. The molecule has 1 aromatic carbocycles. The van der Waals surface area contributed by atoms with E-state index in [0.29, 0.717) is 0 Å². The molecule has 1 aliphatic carbocycles. The van der Waals surface area contributed by atoms with Crippen LogP contribution in [-0.4, -0.2) is 16.0 Å². The summed E-state index contributed by atoms with van der Waals surface area (Å²) in [5.74, 6) is 0.972. The predicted octanol–water partition coefficient (Wildman–Crippen LogP) is 3.23. The van der Waals surface area contributed by atoms with Gasteiger partial charge in [0.15, 0.2) is 0 Å². The number of benzene rings is 1. The molecule has 0 aliphatic heterocycles. The van der Waals surface area contributed by atoms with Gasteiger partial charge in [-0.1, -0.05) is 43.2 Å². The molecule has 0 saturated heterocycles. The molecule has 2 N–H and O–H groups in total. The summed E-state index contributed by atoms with van der Waals surface area (Å²) in [7, 11) is 0. The third kappa shape index (κ3) is 2.84. The molecule has 1 saturated carbocycles. The maximum Gasteiger partial charge on any atom is 0.138 e. The first-order valence-corrected chi connectivity index (χ1v) is 7.83. The van der Waals surface area contributed by atoms with E-state index in [-0.39, 0.29) is 11.5 Å². The summed E-state index contributed by atoms with van der Waals surface area (Å²) < 4.78 is 0. The van der Waals surface area contributed by atoms with E-state index in [0.717, 1.165) is 30.7 Å². The summed E-state index contributed by atoms with van der Waals surface area (Å²) in [6, 6.07) is 10.9. The van der Waals surface area contributed by atoms with Gasteiger partial charge in [0.05, 0.1) is 5.41 Å². The molecule has 0 amide bonds. The number of aromatic nitrogens is 2. The summed E-state index contributed by atoms with van der Waals surface area (Å²) in [6.07, 6.45) is 9.52. The van der Waals surface area contributed by atoms with Crippen LogP contribution in [-0.2, 0) is 11.8 Å². The fourth-order valence-electron chi connectivity index (χ4n) is 3.46. The van der Waals surface area contributed by atoms with Gasteiger partial charge in [0, 0.05) is 18.4 Å². The van der Waals surface area contributed by atoms with Gasteiger partial charge in [-0.3, -0.25) is 0 Å². The van der Waals surface area contributed by atoms with Gasteiger partial charge in [0.25, 0.3) is 0 Å². The smallest absolute Gasteiger partial charge is 0.138 e. The second-order valence-corrected chi connectivity index (χ2v) is 6.25. The minimum atomic E-state index is 0.00806. The molecule has 3 nitrogen and oxygen atoms in total. The van der Waals surface area contributed by atoms with Crippen molar-refractivity contribution in [3.8, 4) is 0 Å². The van der Waals surface area contributed by atoms with Crippen LogP contribution < -0.4 is 5.73 Å². The molecule has 3 rings (SSSR count). The van der Waals surface area contributed by atoms with Crippen molar-refractivity contribution in [2.45, 2.75) is 50.5 Å². The van der Waals surface area contributed by atoms with Crippen molar-refractivity contribution in [1.82, 2.24) is 9.97 Å². The van der Waals surface area contributed by atoms with Crippen LogP contribution in [0.1, 0.15) is 49.6 Å². The van der Waals surface area contributed by atoms with Crippen LogP contribution in [0.3, 0.4) is 0 Å². The molecule has 1 atom stereocenters. The van der Waals surface area contributed by atoms with Crippen LogP contribution in [0.25, 0.3) is 0 Å². The lowest BCUT2D eigenvalue weighted by Crippen LogP contribution is -2.27. The van der Waals surface area contributed by atoms with Crippen molar-refractivity contribution in [3.63, 3.8) is 0 Å². The molecule has 1 fully saturated rings. The molecular weight excluding hydrogens is 258 g/mol. The lowest BCUT2D eigenvalue weighted by atomic mass is 9.78. The Hall–Kier alpha value is -1.74. The van der Waals surface area contributed by atoms with Crippen LogP contribution in [0.4, 0.5) is 0 Å². The van der Waals surface area contributed by atoms with E-state index >= 15 is 0 Å². The quantitative estimate of drug-likeness (QED) is 0.936. The topological polar surface area (TPSA) is 51.8 Å². The van der Waals surface area contributed by atoms with E-state index in [9.17, 15) is 0 Å². The van der Waals surface area contributed by atoms with Gasteiger partial charge in [0.2, 0.25) is 0 Å². The third-order valence-electron chi connectivity index (χ3n) is 4.47. The Kier molecular flexibility index (Phi) is 4.02. The van der Waals surface area contributed by atoms with Crippen molar-refractivity contribution < 1.29 is 0 Å². The van der Waals surface area contributed by atoms with Crippen LogP contribution in [0.2, 0.25) is 0 Å². The molecule has 1 aromatic heterocycles. The lowest BCUT2D eigenvalue weighted by molar-refractivity contribution is 0.498. The summed E-state index contributed by atoms with van der Waals surface area (Å²) in [6.45, 7) is 2.01. The maximum absolute atomic E-state index is 5.85. The van der Waals surface area contributed by atoms with Crippen molar-refractivity contribution in [2.75, 3.05) is 0 Å². The minimum absolute atomic E-state index is 0.00806. The standard InChI is InChI=1S/C18H23N3/c1-14(19)11-15-12-20-17(21-13-15)18(9-5-6-10-18)16-7-3-2-4-8-16/h2-4,7-8,12-14H,5-6,9-11,19H2,1H3. The molecule has 1 unspecified atom stereocenters. The monoisotopic (exact) mass is 281 g/mol. The molecular formula is C18H23N3. The fraction of sp³-hybridized carbons (Fsp3) is 0.444. The molecule has 110 valence electrons. The highest BCUT2D eigenvalue weighted by atomic mass is 14.9. The highest BCUT2D eigenvalue weighted by Crippen LogP contribution is 2.44. The largest absolute Gasteiger partial charge is 0.328 e. The van der Waals surface area contributed by atoms with Gasteiger partial charge in [-0.2, -0.15) is 0 Å². The van der Waals surface area contributed by atoms with Gasteiger partial charge < -0.3 is 5.73 Å². The zero-order valence-corrected chi connectivity index (χ0v) is 12.6.